The minimum absolute atomic E-state index is 1.97. The lowest BCUT2D eigenvalue weighted by molar-refractivity contribution is -0.407. The summed E-state index contributed by atoms with van der Waals surface area (Å²) in [6, 6.07) is 0. The van der Waals surface area contributed by atoms with Crippen LogP contribution in [0.25, 0.3) is 0 Å². The Kier molecular flexibility index (Phi) is 5.43. The molecule has 0 aromatic heterocycles. The molecule has 0 fully saturated rings. The SMILES string of the molecule is FC(C(F)(F)F)C(F)(F)OC(F)C(F)(F)C(F)(F)C(F)F. The van der Waals surface area contributed by atoms with Gasteiger partial charge in [0.2, 0.25) is 0 Å². The molecule has 0 saturated heterocycles. The van der Waals surface area contributed by atoms with Crippen molar-refractivity contribution in [1.29, 1.82) is 0 Å². The lowest BCUT2D eigenvalue weighted by atomic mass is 10.2. The average Bonchev–Trinajstić information content (AvgIpc) is 2.25. The van der Waals surface area contributed by atoms with E-state index in [0.29, 0.717) is 0 Å². The van der Waals surface area contributed by atoms with Gasteiger partial charge in [0.25, 0.3) is 12.5 Å². The maximum atomic E-state index is 12.5. The molecule has 0 aliphatic heterocycles. The lowest BCUT2D eigenvalue weighted by Crippen LogP contribution is -2.56. The third kappa shape index (κ3) is 4.03. The molecular formula is C7H3F13O. The standard InChI is InChI=1S/C7H3F13O/c8-1(6(16,17)18)7(19,20)21-3(11)5(14,15)4(12,13)2(9)10/h1-3H. The molecule has 0 spiro atoms. The summed E-state index contributed by atoms with van der Waals surface area (Å²) in [5.41, 5.74) is 0. The molecule has 0 rings (SSSR count). The Morgan fingerprint density at radius 1 is 0.619 bits per heavy atom. The van der Waals surface area contributed by atoms with E-state index < -0.39 is 43.1 Å². The molecule has 2 atom stereocenters. The number of hydrogen-bond acceptors (Lipinski definition) is 1. The Balaban J connectivity index is 5.25. The fourth-order valence-electron chi connectivity index (χ4n) is 0.759. The van der Waals surface area contributed by atoms with E-state index in [1.807, 2.05) is 4.74 Å². The van der Waals surface area contributed by atoms with E-state index >= 15 is 0 Å². The fourth-order valence-corrected chi connectivity index (χ4v) is 0.759. The summed E-state index contributed by atoms with van der Waals surface area (Å²) >= 11 is 0. The number of alkyl halides is 13. The summed E-state index contributed by atoms with van der Waals surface area (Å²) in [5, 5.41) is 0. The van der Waals surface area contributed by atoms with Gasteiger partial charge in [0, 0.05) is 0 Å². The molecule has 0 radical (unpaired) electrons. The molecule has 14 heteroatoms. The lowest BCUT2D eigenvalue weighted by Gasteiger charge is -2.31. The second-order valence-electron chi connectivity index (χ2n) is 3.45. The Bertz CT molecular complexity index is 347. The van der Waals surface area contributed by atoms with Crippen LogP contribution in [0, 0.1) is 0 Å². The van der Waals surface area contributed by atoms with E-state index in [0.717, 1.165) is 0 Å². The van der Waals surface area contributed by atoms with Gasteiger partial charge in [0.1, 0.15) is 0 Å². The molecule has 0 aliphatic rings. The third-order valence-electron chi connectivity index (χ3n) is 1.85. The second kappa shape index (κ2) is 5.68. The molecule has 2 unspecified atom stereocenters. The molecule has 128 valence electrons. The van der Waals surface area contributed by atoms with Crippen molar-refractivity contribution in [2.75, 3.05) is 0 Å². The Morgan fingerprint density at radius 2 is 1.00 bits per heavy atom. The van der Waals surface area contributed by atoms with Gasteiger partial charge in [-0.15, -0.1) is 0 Å². The molecule has 1 nitrogen and oxygen atoms in total. The van der Waals surface area contributed by atoms with E-state index in [-0.39, 0.29) is 0 Å². The predicted octanol–water partition coefficient (Wildman–Crippen LogP) is 4.33. The minimum atomic E-state index is -6.64. The second-order valence-corrected chi connectivity index (χ2v) is 3.45. The molecule has 0 amide bonds. The van der Waals surface area contributed by atoms with Gasteiger partial charge in [0.05, 0.1) is 0 Å². The van der Waals surface area contributed by atoms with E-state index in [9.17, 15) is 57.1 Å². The molecular weight excluding hydrogens is 347 g/mol. The Labute approximate surface area is 106 Å². The summed E-state index contributed by atoms with van der Waals surface area (Å²) in [4.78, 5) is 0. The van der Waals surface area contributed by atoms with Crippen molar-refractivity contribution in [2.24, 2.45) is 0 Å². The first-order chi connectivity index (χ1) is 8.98. The van der Waals surface area contributed by atoms with Crippen LogP contribution in [0.1, 0.15) is 0 Å². The highest BCUT2D eigenvalue weighted by molar-refractivity contribution is 4.90. The summed E-state index contributed by atoms with van der Waals surface area (Å²) in [6.45, 7) is 0. The van der Waals surface area contributed by atoms with Gasteiger partial charge in [-0.3, -0.25) is 4.74 Å². The monoisotopic (exact) mass is 350 g/mol. The molecule has 21 heavy (non-hydrogen) atoms. The zero-order chi connectivity index (χ0) is 17.4. The molecule has 0 heterocycles. The van der Waals surface area contributed by atoms with Gasteiger partial charge in [0.15, 0.2) is 0 Å². The van der Waals surface area contributed by atoms with Gasteiger partial charge in [-0.1, -0.05) is 0 Å². The van der Waals surface area contributed by atoms with E-state index in [1.54, 1.807) is 0 Å². The zero-order valence-electron chi connectivity index (χ0n) is 9.05. The largest absolute Gasteiger partial charge is 0.428 e. The van der Waals surface area contributed by atoms with Gasteiger partial charge in [-0.25, -0.2) is 17.6 Å². The van der Waals surface area contributed by atoms with Crippen LogP contribution in [-0.2, 0) is 4.74 Å². The van der Waals surface area contributed by atoms with Crippen LogP contribution < -0.4 is 0 Å². The number of ether oxygens (including phenoxy) is 1. The molecule has 0 aromatic rings. The third-order valence-corrected chi connectivity index (χ3v) is 1.85. The van der Waals surface area contributed by atoms with Crippen LogP contribution >= 0.6 is 0 Å². The first-order valence-corrected chi connectivity index (χ1v) is 4.42. The van der Waals surface area contributed by atoms with Gasteiger partial charge >= 0.3 is 30.6 Å². The maximum absolute atomic E-state index is 12.5. The Hall–Kier alpha value is -0.950. The summed E-state index contributed by atoms with van der Waals surface area (Å²) in [6.07, 6.45) is -28.7. The van der Waals surface area contributed by atoms with Crippen LogP contribution in [0.15, 0.2) is 0 Å². The predicted molar refractivity (Wildman–Crippen MR) is 37.8 cm³/mol. The van der Waals surface area contributed by atoms with Crippen LogP contribution in [0.4, 0.5) is 57.1 Å². The summed E-state index contributed by atoms with van der Waals surface area (Å²) in [7, 11) is 0. The van der Waals surface area contributed by atoms with Crippen molar-refractivity contribution in [1.82, 2.24) is 0 Å². The van der Waals surface area contributed by atoms with Gasteiger partial charge < -0.3 is 0 Å². The van der Waals surface area contributed by atoms with Gasteiger partial charge in [-0.2, -0.15) is 39.5 Å². The fraction of sp³-hybridized carbons (Fsp3) is 1.00. The minimum Gasteiger partial charge on any atom is -0.276 e. The van der Waals surface area contributed by atoms with E-state index in [1.165, 1.54) is 0 Å². The summed E-state index contributed by atoms with van der Waals surface area (Å²) < 4.78 is 158. The first kappa shape index (κ1) is 20.1. The highest BCUT2D eigenvalue weighted by atomic mass is 19.4. The van der Waals surface area contributed by atoms with Crippen LogP contribution in [0.2, 0.25) is 0 Å². The van der Waals surface area contributed by atoms with Crippen molar-refractivity contribution in [3.8, 4) is 0 Å². The number of halogens is 13. The topological polar surface area (TPSA) is 9.23 Å². The molecule has 0 bridgehead atoms. The van der Waals surface area contributed by atoms with Crippen molar-refractivity contribution in [3.63, 3.8) is 0 Å². The number of hydrogen-bond donors (Lipinski definition) is 0. The van der Waals surface area contributed by atoms with Gasteiger partial charge in [-0.05, 0) is 0 Å². The van der Waals surface area contributed by atoms with Crippen LogP contribution in [-0.4, -0.2) is 43.1 Å². The number of rotatable bonds is 6. The van der Waals surface area contributed by atoms with E-state index in [4.69, 9.17) is 0 Å². The normalized spacial score (nSPS) is 18.0. The molecule has 0 aliphatic carbocycles. The van der Waals surface area contributed by atoms with Crippen molar-refractivity contribution < 1.29 is 61.8 Å². The first-order valence-electron chi connectivity index (χ1n) is 4.42. The molecule has 0 aromatic carbocycles. The van der Waals surface area contributed by atoms with Crippen molar-refractivity contribution >= 4 is 0 Å². The maximum Gasteiger partial charge on any atom is 0.428 e. The van der Waals surface area contributed by atoms with Crippen LogP contribution in [0.3, 0.4) is 0 Å². The average molecular weight is 350 g/mol. The summed E-state index contributed by atoms with van der Waals surface area (Å²) in [5.74, 6) is -13.2. The smallest absolute Gasteiger partial charge is 0.276 e. The quantitative estimate of drug-likeness (QED) is 0.648. The van der Waals surface area contributed by atoms with Crippen molar-refractivity contribution in [3.05, 3.63) is 0 Å². The van der Waals surface area contributed by atoms with E-state index in [2.05, 4.69) is 0 Å². The molecule has 0 N–H and O–H groups in total. The highest BCUT2D eigenvalue weighted by Crippen LogP contribution is 2.45. The highest BCUT2D eigenvalue weighted by Gasteiger charge is 2.71. The molecule has 0 saturated carbocycles. The Morgan fingerprint density at radius 3 is 1.29 bits per heavy atom. The van der Waals surface area contributed by atoms with Crippen molar-refractivity contribution in [2.45, 2.75) is 43.1 Å². The zero-order valence-corrected chi connectivity index (χ0v) is 9.05. The van der Waals surface area contributed by atoms with Crippen LogP contribution in [0.5, 0.6) is 0 Å².